The summed E-state index contributed by atoms with van der Waals surface area (Å²) in [5.74, 6) is -0.716. The molecule has 7 nitrogen and oxygen atoms in total. The molecule has 1 aromatic heterocycles. The molecule has 130 valence electrons. The SMILES string of the molecule is O=C(CNC(=O)c1cnccn1)Nc1ccc(N2CCCCC2)cc1. The second-order valence-corrected chi connectivity index (χ2v) is 5.92. The first-order valence-corrected chi connectivity index (χ1v) is 8.41. The Labute approximate surface area is 146 Å². The minimum atomic E-state index is -0.427. The van der Waals surface area contributed by atoms with Gasteiger partial charge in [-0.2, -0.15) is 0 Å². The summed E-state index contributed by atoms with van der Waals surface area (Å²) in [6, 6.07) is 7.79. The topological polar surface area (TPSA) is 87.2 Å². The third kappa shape index (κ3) is 4.76. The third-order valence-electron chi connectivity index (χ3n) is 4.08. The fourth-order valence-electron chi connectivity index (χ4n) is 2.78. The van der Waals surface area contributed by atoms with Crippen LogP contribution in [0.3, 0.4) is 0 Å². The molecule has 1 fully saturated rings. The largest absolute Gasteiger partial charge is 0.372 e. The number of amides is 2. The van der Waals surface area contributed by atoms with Crippen molar-refractivity contribution in [2.75, 3.05) is 29.9 Å². The highest BCUT2D eigenvalue weighted by atomic mass is 16.2. The monoisotopic (exact) mass is 339 g/mol. The minimum absolute atomic E-state index is 0.122. The van der Waals surface area contributed by atoms with Gasteiger partial charge < -0.3 is 15.5 Å². The Hall–Kier alpha value is -2.96. The van der Waals surface area contributed by atoms with Crippen molar-refractivity contribution in [1.29, 1.82) is 0 Å². The van der Waals surface area contributed by atoms with Crippen molar-refractivity contribution in [1.82, 2.24) is 15.3 Å². The van der Waals surface area contributed by atoms with Crippen LogP contribution >= 0.6 is 0 Å². The van der Waals surface area contributed by atoms with Crippen molar-refractivity contribution >= 4 is 23.2 Å². The lowest BCUT2D eigenvalue weighted by atomic mass is 10.1. The Morgan fingerprint density at radius 3 is 2.48 bits per heavy atom. The lowest BCUT2D eigenvalue weighted by molar-refractivity contribution is -0.115. The fraction of sp³-hybridized carbons (Fsp3) is 0.333. The van der Waals surface area contributed by atoms with E-state index in [0.29, 0.717) is 5.69 Å². The van der Waals surface area contributed by atoms with Crippen LogP contribution in [0.4, 0.5) is 11.4 Å². The molecular weight excluding hydrogens is 318 g/mol. The summed E-state index contributed by atoms with van der Waals surface area (Å²) < 4.78 is 0. The van der Waals surface area contributed by atoms with Crippen molar-refractivity contribution in [2.45, 2.75) is 19.3 Å². The van der Waals surface area contributed by atoms with Crippen molar-refractivity contribution in [3.05, 3.63) is 48.5 Å². The van der Waals surface area contributed by atoms with Crippen LogP contribution in [0, 0.1) is 0 Å². The molecule has 0 atom stereocenters. The molecule has 2 aromatic rings. The van der Waals surface area contributed by atoms with Gasteiger partial charge in [0.2, 0.25) is 5.91 Å². The van der Waals surface area contributed by atoms with Crippen molar-refractivity contribution in [3.63, 3.8) is 0 Å². The minimum Gasteiger partial charge on any atom is -0.372 e. The van der Waals surface area contributed by atoms with Gasteiger partial charge in [0.25, 0.3) is 5.91 Å². The Morgan fingerprint density at radius 1 is 1.04 bits per heavy atom. The van der Waals surface area contributed by atoms with Gasteiger partial charge in [0.05, 0.1) is 12.7 Å². The fourth-order valence-corrected chi connectivity index (χ4v) is 2.78. The molecular formula is C18H21N5O2. The van der Waals surface area contributed by atoms with Crippen LogP contribution in [0.2, 0.25) is 0 Å². The first-order valence-electron chi connectivity index (χ1n) is 8.41. The Bertz CT molecular complexity index is 712. The Kier molecular flexibility index (Phi) is 5.56. The number of carbonyl (C=O) groups excluding carboxylic acids is 2. The predicted molar refractivity (Wildman–Crippen MR) is 95.5 cm³/mol. The Morgan fingerprint density at radius 2 is 1.80 bits per heavy atom. The van der Waals surface area contributed by atoms with Crippen molar-refractivity contribution in [3.8, 4) is 0 Å². The van der Waals surface area contributed by atoms with E-state index < -0.39 is 5.91 Å². The van der Waals surface area contributed by atoms with Gasteiger partial charge in [-0.05, 0) is 43.5 Å². The smallest absolute Gasteiger partial charge is 0.271 e. The molecule has 0 spiro atoms. The van der Waals surface area contributed by atoms with E-state index in [1.165, 1.54) is 43.5 Å². The number of anilines is 2. The summed E-state index contributed by atoms with van der Waals surface area (Å²) in [5.41, 5.74) is 2.06. The van der Waals surface area contributed by atoms with Gasteiger partial charge in [-0.3, -0.25) is 14.6 Å². The highest BCUT2D eigenvalue weighted by Gasteiger charge is 2.12. The maximum Gasteiger partial charge on any atom is 0.271 e. The Balaban J connectivity index is 1.48. The van der Waals surface area contributed by atoms with E-state index in [1.807, 2.05) is 24.3 Å². The molecule has 0 saturated carbocycles. The first kappa shape index (κ1) is 16.9. The van der Waals surface area contributed by atoms with E-state index in [1.54, 1.807) is 0 Å². The number of piperidine rings is 1. The number of nitrogens with zero attached hydrogens (tertiary/aromatic N) is 3. The summed E-state index contributed by atoms with van der Waals surface area (Å²) in [7, 11) is 0. The van der Waals surface area contributed by atoms with Crippen LogP contribution in [-0.2, 0) is 4.79 Å². The average Bonchev–Trinajstić information content (AvgIpc) is 2.68. The number of rotatable bonds is 5. The van der Waals surface area contributed by atoms with E-state index in [2.05, 4.69) is 25.5 Å². The van der Waals surface area contributed by atoms with Gasteiger partial charge in [0, 0.05) is 36.9 Å². The van der Waals surface area contributed by atoms with Gasteiger partial charge >= 0.3 is 0 Å². The molecule has 2 heterocycles. The first-order chi connectivity index (χ1) is 12.2. The standard InChI is InChI=1S/C18H21N5O2/c24-17(13-21-18(25)16-12-19-8-9-20-16)22-14-4-6-15(7-5-14)23-10-2-1-3-11-23/h4-9,12H,1-3,10-11,13H2,(H,21,25)(H,22,24). The predicted octanol–water partition coefficient (Wildman–Crippen LogP) is 1.84. The summed E-state index contributed by atoms with van der Waals surface area (Å²) in [4.78, 5) is 33.8. The van der Waals surface area contributed by atoms with Crippen molar-refractivity contribution in [2.24, 2.45) is 0 Å². The number of benzene rings is 1. The maximum atomic E-state index is 12.0. The van der Waals surface area contributed by atoms with Crippen LogP contribution in [0.5, 0.6) is 0 Å². The van der Waals surface area contributed by atoms with Gasteiger partial charge in [-0.25, -0.2) is 4.98 Å². The van der Waals surface area contributed by atoms with E-state index in [9.17, 15) is 9.59 Å². The molecule has 0 unspecified atom stereocenters. The molecule has 0 aliphatic carbocycles. The lowest BCUT2D eigenvalue weighted by Crippen LogP contribution is -2.33. The van der Waals surface area contributed by atoms with E-state index in [4.69, 9.17) is 0 Å². The molecule has 0 bridgehead atoms. The number of hydrogen-bond acceptors (Lipinski definition) is 5. The normalized spacial score (nSPS) is 14.0. The van der Waals surface area contributed by atoms with Crippen LogP contribution in [0.15, 0.2) is 42.9 Å². The molecule has 1 aliphatic rings. The van der Waals surface area contributed by atoms with Crippen LogP contribution in [0.25, 0.3) is 0 Å². The zero-order valence-electron chi connectivity index (χ0n) is 13.9. The van der Waals surface area contributed by atoms with Crippen molar-refractivity contribution < 1.29 is 9.59 Å². The molecule has 3 rings (SSSR count). The van der Waals surface area contributed by atoms with Gasteiger partial charge in [0.1, 0.15) is 5.69 Å². The number of hydrogen-bond donors (Lipinski definition) is 2. The molecule has 1 aliphatic heterocycles. The van der Waals surface area contributed by atoms with E-state index >= 15 is 0 Å². The summed E-state index contributed by atoms with van der Waals surface area (Å²) in [5, 5.41) is 5.29. The van der Waals surface area contributed by atoms with Gasteiger partial charge in [-0.1, -0.05) is 0 Å². The van der Waals surface area contributed by atoms with Crippen LogP contribution in [-0.4, -0.2) is 41.4 Å². The maximum absolute atomic E-state index is 12.0. The molecule has 25 heavy (non-hydrogen) atoms. The van der Waals surface area contributed by atoms with Crippen LogP contribution in [0.1, 0.15) is 29.8 Å². The molecule has 2 N–H and O–H groups in total. The zero-order valence-corrected chi connectivity index (χ0v) is 13.9. The molecule has 2 amide bonds. The summed E-state index contributed by atoms with van der Waals surface area (Å²) in [6.07, 6.45) is 8.02. The molecule has 1 aromatic carbocycles. The van der Waals surface area contributed by atoms with Gasteiger partial charge in [0.15, 0.2) is 0 Å². The number of aromatic nitrogens is 2. The average molecular weight is 339 g/mol. The lowest BCUT2D eigenvalue weighted by Gasteiger charge is -2.28. The van der Waals surface area contributed by atoms with E-state index in [-0.39, 0.29) is 18.1 Å². The quantitative estimate of drug-likeness (QED) is 0.868. The second-order valence-electron chi connectivity index (χ2n) is 5.92. The molecule has 0 radical (unpaired) electrons. The number of nitrogens with one attached hydrogen (secondary N) is 2. The summed E-state index contributed by atoms with van der Waals surface area (Å²) in [6.45, 7) is 2.05. The van der Waals surface area contributed by atoms with Crippen LogP contribution < -0.4 is 15.5 Å². The number of carbonyl (C=O) groups is 2. The zero-order chi connectivity index (χ0) is 17.5. The highest BCUT2D eigenvalue weighted by Crippen LogP contribution is 2.21. The molecule has 7 heteroatoms. The van der Waals surface area contributed by atoms with Gasteiger partial charge in [-0.15, -0.1) is 0 Å². The van der Waals surface area contributed by atoms with E-state index in [0.717, 1.165) is 13.1 Å². The second kappa shape index (κ2) is 8.23. The summed E-state index contributed by atoms with van der Waals surface area (Å²) >= 11 is 0. The third-order valence-corrected chi connectivity index (χ3v) is 4.08. The highest BCUT2D eigenvalue weighted by molar-refractivity contribution is 5.98. The molecule has 1 saturated heterocycles.